The average molecular weight is 515 g/mol. The van der Waals surface area contributed by atoms with Crippen LogP contribution in [0, 0.1) is 11.8 Å². The molecule has 7 heteroatoms. The molecular weight excluding hydrogens is 472 g/mol. The zero-order valence-electron chi connectivity index (χ0n) is 23.0. The van der Waals surface area contributed by atoms with E-state index in [2.05, 4.69) is 0 Å². The van der Waals surface area contributed by atoms with Crippen LogP contribution in [-0.2, 0) is 28.5 Å². The zero-order chi connectivity index (χ0) is 27.3. The van der Waals surface area contributed by atoms with E-state index in [9.17, 15) is 14.7 Å². The monoisotopic (exact) mass is 514 g/mol. The van der Waals surface area contributed by atoms with Crippen molar-refractivity contribution in [3.8, 4) is 0 Å². The molecule has 0 spiro atoms. The molecule has 3 aliphatic heterocycles. The van der Waals surface area contributed by atoms with E-state index in [1.807, 2.05) is 51.2 Å². The topological polar surface area (TPSA) is 97.9 Å². The minimum atomic E-state index is -0.801. The Balaban J connectivity index is 1.87. The second-order valence-electron chi connectivity index (χ2n) is 10.7. The molecule has 0 aromatic carbocycles. The van der Waals surface area contributed by atoms with Gasteiger partial charge in [-0.2, -0.15) is 0 Å². The molecule has 0 aliphatic carbocycles. The van der Waals surface area contributed by atoms with Crippen LogP contribution in [0.15, 0.2) is 59.8 Å². The minimum absolute atomic E-state index is 0.0240. The van der Waals surface area contributed by atoms with E-state index in [1.54, 1.807) is 46.1 Å². The molecule has 0 aromatic rings. The van der Waals surface area contributed by atoms with Gasteiger partial charge in [-0.15, -0.1) is 0 Å². The van der Waals surface area contributed by atoms with Gasteiger partial charge in [0.1, 0.15) is 17.8 Å². The van der Waals surface area contributed by atoms with Crippen molar-refractivity contribution in [3.63, 3.8) is 0 Å². The number of carbonyl (C=O) groups is 2. The molecule has 2 saturated heterocycles. The van der Waals surface area contributed by atoms with E-state index >= 15 is 0 Å². The number of hydrogen-bond donors (Lipinski definition) is 1. The Bertz CT molecular complexity index is 990. The van der Waals surface area contributed by atoms with Gasteiger partial charge in [0.25, 0.3) is 0 Å². The van der Waals surface area contributed by atoms with Gasteiger partial charge in [0, 0.05) is 30.9 Å². The fourth-order valence-electron chi connectivity index (χ4n) is 4.46. The molecule has 9 atom stereocenters. The highest BCUT2D eigenvalue weighted by atomic mass is 16.6. The lowest BCUT2D eigenvalue weighted by molar-refractivity contribution is -0.146. The van der Waals surface area contributed by atoms with Crippen LogP contribution in [0.2, 0.25) is 0 Å². The number of methoxy groups -OCH3 is 1. The number of epoxide rings is 2. The molecule has 0 saturated carbocycles. The first-order chi connectivity index (χ1) is 17.4. The average Bonchev–Trinajstić information content (AvgIpc) is 3.75. The van der Waals surface area contributed by atoms with Crippen molar-refractivity contribution in [1.82, 2.24) is 0 Å². The van der Waals surface area contributed by atoms with Gasteiger partial charge in [-0.3, -0.25) is 4.79 Å². The summed E-state index contributed by atoms with van der Waals surface area (Å²) in [5, 5.41) is 11.1. The van der Waals surface area contributed by atoms with Crippen molar-refractivity contribution < 1.29 is 33.6 Å². The second-order valence-corrected chi connectivity index (χ2v) is 10.7. The molecule has 0 aromatic heterocycles. The van der Waals surface area contributed by atoms with E-state index < -0.39 is 35.6 Å². The molecule has 3 heterocycles. The molecule has 0 radical (unpaired) electrons. The highest BCUT2D eigenvalue weighted by molar-refractivity contribution is 5.99. The number of allylic oxidation sites excluding steroid dienone is 4. The number of cyclic esters (lactones) is 1. The third kappa shape index (κ3) is 8.08. The number of aliphatic hydroxyl groups is 1. The fraction of sp³-hybridized carbons (Fsp3) is 0.600. The second kappa shape index (κ2) is 12.5. The molecule has 0 bridgehead atoms. The van der Waals surface area contributed by atoms with Crippen LogP contribution >= 0.6 is 0 Å². The highest BCUT2D eigenvalue weighted by Crippen LogP contribution is 2.40. The number of ether oxygens (including phenoxy) is 4. The van der Waals surface area contributed by atoms with Gasteiger partial charge in [-0.1, -0.05) is 56.4 Å². The SMILES string of the molecule is CO[C@@H]1/C=C/[C@@]2(C)O[C@@H]2C/C=C/C=C(\C)C(=O)[C@@H](C)/C=C(\C)C(=O)O[C@H](/C=C/[C@H]2O[C@@H]2C)[C@H](C)[C@H](O)C1. The molecule has 3 rings (SSSR count). The summed E-state index contributed by atoms with van der Waals surface area (Å²) >= 11 is 0. The number of esters is 1. The van der Waals surface area contributed by atoms with Gasteiger partial charge < -0.3 is 24.1 Å². The maximum atomic E-state index is 13.0. The van der Waals surface area contributed by atoms with Gasteiger partial charge in [0.05, 0.1) is 24.4 Å². The first-order valence-electron chi connectivity index (χ1n) is 13.1. The molecule has 7 nitrogen and oxygen atoms in total. The van der Waals surface area contributed by atoms with Crippen molar-refractivity contribution in [2.75, 3.05) is 7.11 Å². The number of ketones is 1. The molecular formula is C30H42O7. The Morgan fingerprint density at radius 1 is 1.11 bits per heavy atom. The summed E-state index contributed by atoms with van der Waals surface area (Å²) in [6.45, 7) is 11.0. The summed E-state index contributed by atoms with van der Waals surface area (Å²) in [6.07, 6.45) is 14.2. The summed E-state index contributed by atoms with van der Waals surface area (Å²) in [5.74, 6) is -1.48. The summed E-state index contributed by atoms with van der Waals surface area (Å²) < 4.78 is 22.8. The molecule has 0 amide bonds. The van der Waals surface area contributed by atoms with E-state index in [0.717, 1.165) is 0 Å². The Kier molecular flexibility index (Phi) is 9.86. The number of Topliss-reactive ketones (excluding diaryl/α,β-unsaturated/α-hetero) is 1. The summed E-state index contributed by atoms with van der Waals surface area (Å²) in [5.41, 5.74) is 0.553. The lowest BCUT2D eigenvalue weighted by atomic mass is 9.92. The third-order valence-corrected chi connectivity index (χ3v) is 7.47. The van der Waals surface area contributed by atoms with E-state index in [4.69, 9.17) is 18.9 Å². The van der Waals surface area contributed by atoms with Crippen LogP contribution in [0.5, 0.6) is 0 Å². The van der Waals surface area contributed by atoms with Crippen LogP contribution < -0.4 is 0 Å². The van der Waals surface area contributed by atoms with E-state index in [-0.39, 0.29) is 30.2 Å². The maximum absolute atomic E-state index is 13.0. The lowest BCUT2D eigenvalue weighted by Gasteiger charge is -2.27. The Morgan fingerprint density at radius 2 is 1.78 bits per heavy atom. The summed E-state index contributed by atoms with van der Waals surface area (Å²) in [7, 11) is 1.61. The largest absolute Gasteiger partial charge is 0.454 e. The number of aliphatic hydroxyl groups excluding tert-OH is 1. The van der Waals surface area contributed by atoms with E-state index in [1.165, 1.54) is 0 Å². The molecule has 2 fully saturated rings. The summed E-state index contributed by atoms with van der Waals surface area (Å²) in [6, 6.07) is 0. The lowest BCUT2D eigenvalue weighted by Crippen LogP contribution is -2.35. The van der Waals surface area contributed by atoms with Crippen LogP contribution in [0.1, 0.15) is 54.4 Å². The molecule has 204 valence electrons. The first kappa shape index (κ1) is 29.2. The number of fused-ring (bicyclic) bond motifs is 1. The van der Waals surface area contributed by atoms with Crippen LogP contribution in [0.25, 0.3) is 0 Å². The predicted molar refractivity (Wildman–Crippen MR) is 142 cm³/mol. The Hall–Kier alpha value is -2.32. The van der Waals surface area contributed by atoms with Gasteiger partial charge >= 0.3 is 5.97 Å². The van der Waals surface area contributed by atoms with Gasteiger partial charge in [-0.25, -0.2) is 4.79 Å². The predicted octanol–water partition coefficient (Wildman–Crippen LogP) is 4.42. The molecule has 3 aliphatic rings. The van der Waals surface area contributed by atoms with E-state index in [0.29, 0.717) is 24.0 Å². The molecule has 0 unspecified atom stereocenters. The standard InChI is InChI=1S/C30H42O7/c1-18-10-8-9-11-27-30(6,37-27)15-14-23(34-7)17-24(31)21(4)25(12-13-26-22(5)35-26)36-29(33)20(3)16-19(2)28(18)32/h8-10,12-16,19,21-27,31H,11,17H2,1-7H3/b9-8+,13-12+,15-14+,18-10+,20-16+/t19-,21+,22+,23+,24+,25+,26+,27+,30+/m0/s1. The summed E-state index contributed by atoms with van der Waals surface area (Å²) in [4.78, 5) is 25.8. The van der Waals surface area contributed by atoms with Crippen molar-refractivity contribution in [2.45, 2.75) is 96.6 Å². The Morgan fingerprint density at radius 3 is 2.43 bits per heavy atom. The number of rotatable bonds is 3. The van der Waals surface area contributed by atoms with Crippen molar-refractivity contribution in [1.29, 1.82) is 0 Å². The van der Waals surface area contributed by atoms with Gasteiger partial charge in [0.2, 0.25) is 0 Å². The normalized spacial score (nSPS) is 44.5. The highest BCUT2D eigenvalue weighted by Gasteiger charge is 2.49. The van der Waals surface area contributed by atoms with Gasteiger partial charge in [0.15, 0.2) is 5.78 Å². The van der Waals surface area contributed by atoms with Crippen LogP contribution in [0.3, 0.4) is 0 Å². The minimum Gasteiger partial charge on any atom is -0.454 e. The maximum Gasteiger partial charge on any atom is 0.334 e. The zero-order valence-corrected chi connectivity index (χ0v) is 23.0. The van der Waals surface area contributed by atoms with Crippen LogP contribution in [0.4, 0.5) is 0 Å². The Labute approximate surface area is 220 Å². The smallest absolute Gasteiger partial charge is 0.334 e. The first-order valence-corrected chi connectivity index (χ1v) is 13.1. The molecule has 37 heavy (non-hydrogen) atoms. The van der Waals surface area contributed by atoms with Crippen molar-refractivity contribution >= 4 is 11.8 Å². The quantitative estimate of drug-likeness (QED) is 0.338. The number of carbonyl (C=O) groups excluding carboxylic acids is 2. The fourth-order valence-corrected chi connectivity index (χ4v) is 4.46. The van der Waals surface area contributed by atoms with Crippen molar-refractivity contribution in [3.05, 3.63) is 59.8 Å². The van der Waals surface area contributed by atoms with Crippen LogP contribution in [-0.4, -0.2) is 66.2 Å². The molecule has 1 N–H and O–H groups in total. The van der Waals surface area contributed by atoms with Crippen molar-refractivity contribution in [2.24, 2.45) is 11.8 Å². The number of hydrogen-bond acceptors (Lipinski definition) is 7. The van der Waals surface area contributed by atoms with Gasteiger partial charge in [-0.05, 0) is 45.8 Å². The third-order valence-electron chi connectivity index (χ3n) is 7.47.